The van der Waals surface area contributed by atoms with Gasteiger partial charge in [-0.25, -0.2) is 0 Å². The molecule has 0 amide bonds. The monoisotopic (exact) mass is 181 g/mol. The summed E-state index contributed by atoms with van der Waals surface area (Å²) in [4.78, 5) is 5.06. The Balaban J connectivity index is 1.79. The summed E-state index contributed by atoms with van der Waals surface area (Å²) in [5.41, 5.74) is 0. The van der Waals surface area contributed by atoms with Gasteiger partial charge in [-0.1, -0.05) is 0 Å². The lowest BCUT2D eigenvalue weighted by molar-refractivity contribution is 0.0881. The molecule has 13 heavy (non-hydrogen) atoms. The first-order chi connectivity index (χ1) is 6.27. The predicted octanol–water partition coefficient (Wildman–Crippen LogP) is 1.38. The molecule has 1 saturated carbocycles. The molecular formula is C11H21N2. The Morgan fingerprint density at radius 1 is 1.15 bits per heavy atom. The Labute approximate surface area is 81.9 Å². The molecular weight excluding hydrogens is 160 g/mol. The molecule has 1 aliphatic carbocycles. The van der Waals surface area contributed by atoms with Crippen molar-refractivity contribution in [3.05, 3.63) is 6.42 Å². The van der Waals surface area contributed by atoms with Gasteiger partial charge in [-0.3, -0.25) is 0 Å². The van der Waals surface area contributed by atoms with E-state index in [4.69, 9.17) is 0 Å². The second-order valence-electron chi connectivity index (χ2n) is 4.61. The molecule has 0 atom stereocenters. The van der Waals surface area contributed by atoms with Gasteiger partial charge in [0.1, 0.15) is 0 Å². The zero-order chi connectivity index (χ0) is 9.26. The van der Waals surface area contributed by atoms with E-state index < -0.39 is 0 Å². The summed E-state index contributed by atoms with van der Waals surface area (Å²) in [7, 11) is 4.54. The van der Waals surface area contributed by atoms with Crippen LogP contribution in [0.2, 0.25) is 0 Å². The second-order valence-corrected chi connectivity index (χ2v) is 4.61. The highest BCUT2D eigenvalue weighted by Crippen LogP contribution is 2.27. The van der Waals surface area contributed by atoms with Crippen molar-refractivity contribution in [2.24, 2.45) is 0 Å². The smallest absolute Gasteiger partial charge is 0.0119 e. The van der Waals surface area contributed by atoms with E-state index in [1.54, 1.807) is 0 Å². The Hall–Kier alpha value is -0.0800. The maximum atomic E-state index is 2.62. The van der Waals surface area contributed by atoms with E-state index in [-0.39, 0.29) is 0 Å². The SMILES string of the molecule is CN1CCC(N(C)C2C[CH]C2)CC1. The van der Waals surface area contributed by atoms with Crippen LogP contribution in [0.15, 0.2) is 0 Å². The Morgan fingerprint density at radius 3 is 2.23 bits per heavy atom. The van der Waals surface area contributed by atoms with Crippen molar-refractivity contribution in [2.45, 2.75) is 37.8 Å². The number of piperidine rings is 1. The average molecular weight is 181 g/mol. The van der Waals surface area contributed by atoms with Crippen LogP contribution in [0.5, 0.6) is 0 Å². The lowest BCUT2D eigenvalue weighted by Crippen LogP contribution is -2.48. The first-order valence-corrected chi connectivity index (χ1v) is 5.49. The van der Waals surface area contributed by atoms with Crippen LogP contribution in [-0.4, -0.2) is 49.1 Å². The molecule has 1 heterocycles. The van der Waals surface area contributed by atoms with Gasteiger partial charge in [-0.15, -0.1) is 0 Å². The van der Waals surface area contributed by atoms with Gasteiger partial charge in [0.25, 0.3) is 0 Å². The third kappa shape index (κ3) is 2.05. The van der Waals surface area contributed by atoms with Gasteiger partial charge in [0, 0.05) is 12.1 Å². The maximum Gasteiger partial charge on any atom is 0.0119 e. The zero-order valence-electron chi connectivity index (χ0n) is 8.87. The van der Waals surface area contributed by atoms with Crippen molar-refractivity contribution in [3.63, 3.8) is 0 Å². The van der Waals surface area contributed by atoms with Crippen LogP contribution in [0, 0.1) is 6.42 Å². The number of rotatable bonds is 2. The van der Waals surface area contributed by atoms with E-state index >= 15 is 0 Å². The molecule has 1 radical (unpaired) electrons. The molecule has 2 heteroatoms. The molecule has 0 aromatic heterocycles. The van der Waals surface area contributed by atoms with Crippen LogP contribution in [0.25, 0.3) is 0 Å². The lowest BCUT2D eigenvalue weighted by atomic mass is 9.89. The van der Waals surface area contributed by atoms with Crippen molar-refractivity contribution in [1.29, 1.82) is 0 Å². The zero-order valence-corrected chi connectivity index (χ0v) is 8.87. The van der Waals surface area contributed by atoms with Crippen molar-refractivity contribution < 1.29 is 0 Å². The van der Waals surface area contributed by atoms with Crippen molar-refractivity contribution in [2.75, 3.05) is 27.2 Å². The van der Waals surface area contributed by atoms with Gasteiger partial charge in [0.15, 0.2) is 0 Å². The van der Waals surface area contributed by atoms with E-state index in [0.717, 1.165) is 12.1 Å². The molecule has 0 unspecified atom stereocenters. The summed E-state index contributed by atoms with van der Waals surface area (Å²) in [6, 6.07) is 1.73. The van der Waals surface area contributed by atoms with E-state index in [9.17, 15) is 0 Å². The largest absolute Gasteiger partial charge is 0.306 e. The molecule has 0 spiro atoms. The molecule has 1 aliphatic heterocycles. The van der Waals surface area contributed by atoms with Crippen LogP contribution in [0.1, 0.15) is 25.7 Å². The molecule has 0 aromatic carbocycles. The molecule has 2 rings (SSSR count). The van der Waals surface area contributed by atoms with Gasteiger partial charge in [-0.05, 0) is 59.3 Å². The van der Waals surface area contributed by atoms with Crippen LogP contribution < -0.4 is 0 Å². The highest BCUT2D eigenvalue weighted by atomic mass is 15.2. The standard InChI is InChI=1S/C11H21N2/c1-12-8-6-11(7-9-12)13(2)10-4-3-5-10/h3,10-11H,4-9H2,1-2H3. The molecule has 0 bridgehead atoms. The number of hydrogen-bond acceptors (Lipinski definition) is 2. The van der Waals surface area contributed by atoms with Crippen LogP contribution in [-0.2, 0) is 0 Å². The van der Waals surface area contributed by atoms with E-state index in [1.165, 1.54) is 38.8 Å². The van der Waals surface area contributed by atoms with E-state index in [0.29, 0.717) is 0 Å². The molecule has 0 N–H and O–H groups in total. The number of hydrogen-bond donors (Lipinski definition) is 0. The summed E-state index contributed by atoms with van der Waals surface area (Å²) >= 11 is 0. The fourth-order valence-electron chi connectivity index (χ4n) is 2.35. The van der Waals surface area contributed by atoms with E-state index in [1.807, 2.05) is 0 Å². The highest BCUT2D eigenvalue weighted by Gasteiger charge is 2.29. The van der Waals surface area contributed by atoms with Gasteiger partial charge in [-0.2, -0.15) is 0 Å². The summed E-state index contributed by atoms with van der Waals surface area (Å²) in [5.74, 6) is 0. The molecule has 75 valence electrons. The van der Waals surface area contributed by atoms with E-state index in [2.05, 4.69) is 30.3 Å². The summed E-state index contributed by atoms with van der Waals surface area (Å²) in [6.45, 7) is 2.57. The summed E-state index contributed by atoms with van der Waals surface area (Å²) < 4.78 is 0. The van der Waals surface area contributed by atoms with Gasteiger partial charge < -0.3 is 9.80 Å². The minimum absolute atomic E-state index is 0.856. The third-order valence-electron chi connectivity index (χ3n) is 3.72. The summed E-state index contributed by atoms with van der Waals surface area (Å²) in [6.07, 6.45) is 7.77. The average Bonchev–Trinajstić information content (AvgIpc) is 2.02. The van der Waals surface area contributed by atoms with Crippen molar-refractivity contribution in [1.82, 2.24) is 9.80 Å². The highest BCUT2D eigenvalue weighted by molar-refractivity contribution is 4.94. The molecule has 2 nitrogen and oxygen atoms in total. The molecule has 2 fully saturated rings. The summed E-state index contributed by atoms with van der Waals surface area (Å²) in [5, 5.41) is 0. The maximum absolute atomic E-state index is 2.62. The Kier molecular flexibility index (Phi) is 2.89. The normalized spacial score (nSPS) is 27.9. The Bertz CT molecular complexity index is 157. The molecule has 1 saturated heterocycles. The topological polar surface area (TPSA) is 6.48 Å². The fourth-order valence-corrected chi connectivity index (χ4v) is 2.35. The fraction of sp³-hybridized carbons (Fsp3) is 0.909. The minimum atomic E-state index is 0.856. The predicted molar refractivity (Wildman–Crippen MR) is 55.6 cm³/mol. The van der Waals surface area contributed by atoms with Gasteiger partial charge >= 0.3 is 0 Å². The van der Waals surface area contributed by atoms with Crippen molar-refractivity contribution in [3.8, 4) is 0 Å². The van der Waals surface area contributed by atoms with Gasteiger partial charge in [0.2, 0.25) is 0 Å². The first kappa shape index (κ1) is 9.47. The molecule has 0 aromatic rings. The van der Waals surface area contributed by atoms with Crippen molar-refractivity contribution >= 4 is 0 Å². The van der Waals surface area contributed by atoms with Crippen LogP contribution in [0.4, 0.5) is 0 Å². The third-order valence-corrected chi connectivity index (χ3v) is 3.72. The lowest BCUT2D eigenvalue weighted by Gasteiger charge is -2.42. The quantitative estimate of drug-likeness (QED) is 0.635. The number of likely N-dealkylation sites (tertiary alicyclic amines) is 1. The van der Waals surface area contributed by atoms with Crippen LogP contribution >= 0.6 is 0 Å². The number of nitrogens with zero attached hydrogens (tertiary/aromatic N) is 2. The first-order valence-electron chi connectivity index (χ1n) is 5.49. The molecule has 2 aliphatic rings. The van der Waals surface area contributed by atoms with Crippen LogP contribution in [0.3, 0.4) is 0 Å². The second kappa shape index (κ2) is 3.97. The Morgan fingerprint density at radius 2 is 1.77 bits per heavy atom. The van der Waals surface area contributed by atoms with Gasteiger partial charge in [0.05, 0.1) is 0 Å². The minimum Gasteiger partial charge on any atom is -0.306 e.